The molecule has 0 aliphatic carbocycles. The average molecular weight is 240 g/mol. The van der Waals surface area contributed by atoms with Gasteiger partial charge in [-0.2, -0.15) is 0 Å². The number of hydrogen-bond donors (Lipinski definition) is 0. The Balaban J connectivity index is 3.39. The summed E-state index contributed by atoms with van der Waals surface area (Å²) in [5.74, 6) is 0. The molecule has 0 N–H and O–H groups in total. The zero-order valence-corrected chi connectivity index (χ0v) is 11.3. The molecule has 1 unspecified atom stereocenters. The highest BCUT2D eigenvalue weighted by atomic mass is 32.2. The predicted octanol–water partition coefficient (Wildman–Crippen LogP) is 3.13. The van der Waals surface area contributed by atoms with E-state index in [2.05, 4.69) is 0 Å². The van der Waals surface area contributed by atoms with Gasteiger partial charge in [0.15, 0.2) is 9.84 Å². The summed E-state index contributed by atoms with van der Waals surface area (Å²) < 4.78 is 24.6. The molecule has 0 spiro atoms. The molecule has 0 bridgehead atoms. The van der Waals surface area contributed by atoms with Crippen LogP contribution < -0.4 is 0 Å². The minimum absolute atomic E-state index is 0.306. The molecule has 2 nitrogen and oxygen atoms in total. The average Bonchev–Trinajstić information content (AvgIpc) is 2.27. The fraction of sp³-hybridized carbons (Fsp3) is 0.538. The maximum atomic E-state index is 12.3. The normalized spacial score (nSPS) is 13.8. The van der Waals surface area contributed by atoms with E-state index in [0.29, 0.717) is 11.3 Å². The summed E-state index contributed by atoms with van der Waals surface area (Å²) in [7, 11) is -3.15. The lowest BCUT2D eigenvalue weighted by molar-refractivity contribution is 0.579. The molecule has 0 aromatic heterocycles. The molecule has 0 amide bonds. The molecular formula is C13H20O2S. The van der Waals surface area contributed by atoms with Crippen LogP contribution in [0.4, 0.5) is 0 Å². The summed E-state index contributed by atoms with van der Waals surface area (Å²) in [6.45, 7) is 7.65. The third-order valence-corrected chi connectivity index (χ3v) is 5.52. The minimum atomic E-state index is -3.15. The molecule has 1 rings (SSSR count). The van der Waals surface area contributed by atoms with Crippen molar-refractivity contribution in [3.8, 4) is 0 Å². The lowest BCUT2D eigenvalue weighted by Crippen LogP contribution is -2.18. The maximum Gasteiger partial charge on any atom is 0.181 e. The van der Waals surface area contributed by atoms with Gasteiger partial charge in [0.2, 0.25) is 0 Å². The topological polar surface area (TPSA) is 34.1 Å². The van der Waals surface area contributed by atoms with E-state index < -0.39 is 9.84 Å². The zero-order valence-electron chi connectivity index (χ0n) is 10.4. The van der Waals surface area contributed by atoms with Crippen molar-refractivity contribution in [3.63, 3.8) is 0 Å². The van der Waals surface area contributed by atoms with E-state index in [1.807, 2.05) is 32.9 Å². The number of benzene rings is 1. The first kappa shape index (κ1) is 13.2. The van der Waals surface area contributed by atoms with E-state index in [9.17, 15) is 8.42 Å². The fourth-order valence-corrected chi connectivity index (χ4v) is 3.62. The van der Waals surface area contributed by atoms with Crippen molar-refractivity contribution in [2.75, 3.05) is 0 Å². The monoisotopic (exact) mass is 240 g/mol. The first-order valence-electron chi connectivity index (χ1n) is 5.77. The summed E-state index contributed by atoms with van der Waals surface area (Å²) in [6, 6.07) is 5.52. The van der Waals surface area contributed by atoms with Gasteiger partial charge in [0.25, 0.3) is 0 Å². The Labute approximate surface area is 98.6 Å². The second kappa shape index (κ2) is 5.00. The van der Waals surface area contributed by atoms with Crippen LogP contribution in [-0.2, 0) is 16.3 Å². The van der Waals surface area contributed by atoms with Gasteiger partial charge in [-0.05, 0) is 43.9 Å². The van der Waals surface area contributed by atoms with Gasteiger partial charge in [0.05, 0.1) is 10.1 Å². The number of sulfone groups is 1. The zero-order chi connectivity index (χ0) is 12.3. The second-order valence-corrected chi connectivity index (χ2v) is 6.50. The molecule has 0 aliphatic heterocycles. The van der Waals surface area contributed by atoms with E-state index in [1.54, 1.807) is 13.0 Å². The Kier molecular flexibility index (Phi) is 4.14. The molecule has 16 heavy (non-hydrogen) atoms. The van der Waals surface area contributed by atoms with E-state index in [0.717, 1.165) is 17.5 Å². The molecule has 1 atom stereocenters. The van der Waals surface area contributed by atoms with Gasteiger partial charge >= 0.3 is 0 Å². The number of hydrogen-bond acceptors (Lipinski definition) is 2. The van der Waals surface area contributed by atoms with Crippen LogP contribution in [0.2, 0.25) is 0 Å². The molecular weight excluding hydrogens is 220 g/mol. The van der Waals surface area contributed by atoms with Crippen molar-refractivity contribution >= 4 is 9.84 Å². The van der Waals surface area contributed by atoms with Crippen LogP contribution in [0.15, 0.2) is 23.1 Å². The quantitative estimate of drug-likeness (QED) is 0.810. The van der Waals surface area contributed by atoms with Crippen LogP contribution in [0, 0.1) is 6.92 Å². The van der Waals surface area contributed by atoms with Gasteiger partial charge in [-0.1, -0.05) is 26.0 Å². The molecule has 1 aromatic carbocycles. The molecule has 0 fully saturated rings. The molecule has 1 aromatic rings. The summed E-state index contributed by atoms with van der Waals surface area (Å²) in [6.07, 6.45) is 1.41. The SMILES string of the molecule is CCc1c(C)cccc1S(=O)(=O)C(C)CC. The van der Waals surface area contributed by atoms with Crippen molar-refractivity contribution < 1.29 is 8.42 Å². The predicted molar refractivity (Wildman–Crippen MR) is 67.5 cm³/mol. The third kappa shape index (κ3) is 2.29. The summed E-state index contributed by atoms with van der Waals surface area (Å²) in [5.41, 5.74) is 2.02. The van der Waals surface area contributed by atoms with Crippen molar-refractivity contribution in [2.24, 2.45) is 0 Å². The van der Waals surface area contributed by atoms with Gasteiger partial charge in [0.1, 0.15) is 0 Å². The lowest BCUT2D eigenvalue weighted by atomic mass is 10.1. The van der Waals surface area contributed by atoms with Gasteiger partial charge in [-0.15, -0.1) is 0 Å². The van der Waals surface area contributed by atoms with Gasteiger partial charge in [0, 0.05) is 0 Å². The van der Waals surface area contributed by atoms with Crippen LogP contribution in [0.1, 0.15) is 38.3 Å². The number of aryl methyl sites for hydroxylation is 1. The van der Waals surface area contributed by atoms with Crippen molar-refractivity contribution in [1.82, 2.24) is 0 Å². The maximum absolute atomic E-state index is 12.3. The molecule has 0 aliphatic rings. The molecule has 0 heterocycles. The smallest absolute Gasteiger partial charge is 0.181 e. The van der Waals surface area contributed by atoms with Crippen LogP contribution in [0.25, 0.3) is 0 Å². The molecule has 3 heteroatoms. The second-order valence-electron chi connectivity index (χ2n) is 4.17. The van der Waals surface area contributed by atoms with Gasteiger partial charge < -0.3 is 0 Å². The Hall–Kier alpha value is -0.830. The lowest BCUT2D eigenvalue weighted by Gasteiger charge is -2.15. The van der Waals surface area contributed by atoms with Crippen molar-refractivity contribution in [3.05, 3.63) is 29.3 Å². The highest BCUT2D eigenvalue weighted by Gasteiger charge is 2.24. The fourth-order valence-electron chi connectivity index (χ4n) is 1.83. The molecule has 0 saturated carbocycles. The minimum Gasteiger partial charge on any atom is -0.223 e. The Morgan fingerprint density at radius 1 is 1.25 bits per heavy atom. The van der Waals surface area contributed by atoms with Crippen molar-refractivity contribution in [2.45, 2.75) is 50.7 Å². The van der Waals surface area contributed by atoms with Gasteiger partial charge in [-0.25, -0.2) is 8.42 Å². The van der Waals surface area contributed by atoms with Crippen molar-refractivity contribution in [1.29, 1.82) is 0 Å². The summed E-state index contributed by atoms with van der Waals surface area (Å²) >= 11 is 0. The summed E-state index contributed by atoms with van der Waals surface area (Å²) in [4.78, 5) is 0.518. The summed E-state index contributed by atoms with van der Waals surface area (Å²) in [5, 5.41) is -0.306. The third-order valence-electron chi connectivity index (χ3n) is 3.13. The molecule has 90 valence electrons. The highest BCUT2D eigenvalue weighted by Crippen LogP contribution is 2.24. The van der Waals surface area contributed by atoms with Gasteiger partial charge in [-0.3, -0.25) is 0 Å². The van der Waals surface area contributed by atoms with E-state index in [-0.39, 0.29) is 5.25 Å². The van der Waals surface area contributed by atoms with E-state index in [1.165, 1.54) is 0 Å². The van der Waals surface area contributed by atoms with Crippen LogP contribution in [0.3, 0.4) is 0 Å². The van der Waals surface area contributed by atoms with E-state index >= 15 is 0 Å². The number of rotatable bonds is 4. The largest absolute Gasteiger partial charge is 0.223 e. The van der Waals surface area contributed by atoms with Crippen LogP contribution >= 0.6 is 0 Å². The van der Waals surface area contributed by atoms with Crippen LogP contribution in [-0.4, -0.2) is 13.7 Å². The standard InChI is InChI=1S/C13H20O2S/c1-5-11(4)16(14,15)13-9-7-8-10(3)12(13)6-2/h7-9,11H,5-6H2,1-4H3. The van der Waals surface area contributed by atoms with Crippen LogP contribution in [0.5, 0.6) is 0 Å². The molecule has 0 radical (unpaired) electrons. The first-order chi connectivity index (χ1) is 7.45. The molecule has 0 saturated heterocycles. The highest BCUT2D eigenvalue weighted by molar-refractivity contribution is 7.92. The van der Waals surface area contributed by atoms with E-state index in [4.69, 9.17) is 0 Å². The first-order valence-corrected chi connectivity index (χ1v) is 7.32. The Morgan fingerprint density at radius 2 is 1.88 bits per heavy atom. The Morgan fingerprint density at radius 3 is 2.38 bits per heavy atom. The Bertz CT molecular complexity index is 461.